The molecule has 20 heavy (non-hydrogen) atoms. The Morgan fingerprint density at radius 3 is 2.40 bits per heavy atom. The molecule has 0 radical (unpaired) electrons. The highest BCUT2D eigenvalue weighted by atomic mass is 14.5. The lowest BCUT2D eigenvalue weighted by Gasteiger charge is -2.44. The molecule has 1 unspecified atom stereocenters. The van der Waals surface area contributed by atoms with E-state index >= 15 is 0 Å². The summed E-state index contributed by atoms with van der Waals surface area (Å²) in [5.41, 5.74) is 8.19. The quantitative estimate of drug-likeness (QED) is 0.554. The van der Waals surface area contributed by atoms with Gasteiger partial charge in [-0.05, 0) is 55.2 Å². The summed E-state index contributed by atoms with van der Waals surface area (Å²) in [6.45, 7) is 11.7. The van der Waals surface area contributed by atoms with Gasteiger partial charge in [0, 0.05) is 5.41 Å². The molecule has 0 bridgehead atoms. The molecule has 0 heteroatoms. The molecule has 3 aliphatic carbocycles. The van der Waals surface area contributed by atoms with Crippen LogP contribution in [0.15, 0.2) is 58.2 Å². The minimum absolute atomic E-state index is 0.238. The lowest BCUT2D eigenvalue weighted by atomic mass is 9.60. The Bertz CT molecular complexity index is 598. The lowest BCUT2D eigenvalue weighted by Crippen LogP contribution is -2.32. The zero-order valence-corrected chi connectivity index (χ0v) is 13.5. The van der Waals surface area contributed by atoms with Gasteiger partial charge in [-0.1, -0.05) is 62.3 Å². The topological polar surface area (TPSA) is 0 Å². The molecule has 3 aliphatic rings. The zero-order chi connectivity index (χ0) is 14.5. The fourth-order valence-electron chi connectivity index (χ4n) is 3.93. The summed E-state index contributed by atoms with van der Waals surface area (Å²) >= 11 is 0. The average Bonchev–Trinajstić information content (AvgIpc) is 3.03. The van der Waals surface area contributed by atoms with Crippen LogP contribution in [0.3, 0.4) is 0 Å². The van der Waals surface area contributed by atoms with Gasteiger partial charge < -0.3 is 0 Å². The number of allylic oxidation sites excluding steroid dienone is 10. The van der Waals surface area contributed by atoms with Crippen molar-refractivity contribution in [3.8, 4) is 0 Å². The van der Waals surface area contributed by atoms with Crippen molar-refractivity contribution in [1.29, 1.82) is 0 Å². The Hall–Kier alpha value is -1.30. The van der Waals surface area contributed by atoms with Gasteiger partial charge in [-0.15, -0.1) is 0 Å². The summed E-state index contributed by atoms with van der Waals surface area (Å²) in [7, 11) is 0. The molecule has 0 aromatic heterocycles. The number of hydrogen-bond donors (Lipinski definition) is 0. The molecule has 0 spiro atoms. The van der Waals surface area contributed by atoms with Crippen LogP contribution in [0.2, 0.25) is 0 Å². The van der Waals surface area contributed by atoms with Crippen LogP contribution in [0, 0.1) is 10.8 Å². The van der Waals surface area contributed by atoms with Crippen LogP contribution in [0.25, 0.3) is 0 Å². The van der Waals surface area contributed by atoms with Crippen molar-refractivity contribution in [3.05, 3.63) is 58.2 Å². The first-order chi connectivity index (χ1) is 9.34. The first-order valence-corrected chi connectivity index (χ1v) is 7.83. The second kappa shape index (κ2) is 4.35. The maximum Gasteiger partial charge on any atom is 0.0143 e. The number of hydrogen-bond acceptors (Lipinski definition) is 0. The Morgan fingerprint density at radius 1 is 1.00 bits per heavy atom. The van der Waals surface area contributed by atoms with E-state index in [0.717, 1.165) is 6.42 Å². The smallest absolute Gasteiger partial charge is 0.0143 e. The summed E-state index contributed by atoms with van der Waals surface area (Å²) in [6.07, 6.45) is 15.5. The fraction of sp³-hybridized carbons (Fsp3) is 0.500. The molecular formula is C20H26. The molecule has 0 heterocycles. The molecule has 0 amide bonds. The Morgan fingerprint density at radius 2 is 1.75 bits per heavy atom. The van der Waals surface area contributed by atoms with Crippen LogP contribution in [0.4, 0.5) is 0 Å². The molecular weight excluding hydrogens is 240 g/mol. The Balaban J connectivity index is 2.07. The van der Waals surface area contributed by atoms with Gasteiger partial charge in [0.1, 0.15) is 0 Å². The van der Waals surface area contributed by atoms with Gasteiger partial charge in [-0.25, -0.2) is 0 Å². The maximum absolute atomic E-state index is 2.45. The lowest BCUT2D eigenvalue weighted by molar-refractivity contribution is 0.285. The monoisotopic (exact) mass is 266 g/mol. The first kappa shape index (κ1) is 13.7. The third kappa shape index (κ3) is 1.89. The van der Waals surface area contributed by atoms with Crippen molar-refractivity contribution in [2.45, 2.75) is 53.9 Å². The highest BCUT2D eigenvalue weighted by Crippen LogP contribution is 2.56. The van der Waals surface area contributed by atoms with Crippen LogP contribution in [-0.4, -0.2) is 0 Å². The summed E-state index contributed by atoms with van der Waals surface area (Å²) in [5.74, 6) is 0. The molecule has 0 N–H and O–H groups in total. The van der Waals surface area contributed by atoms with Crippen LogP contribution < -0.4 is 0 Å². The van der Waals surface area contributed by atoms with Gasteiger partial charge in [-0.2, -0.15) is 0 Å². The molecule has 0 aromatic carbocycles. The van der Waals surface area contributed by atoms with E-state index in [1.165, 1.54) is 29.6 Å². The first-order valence-electron chi connectivity index (χ1n) is 7.83. The Labute approximate surface area is 123 Å². The second-order valence-corrected chi connectivity index (χ2v) is 7.60. The molecule has 0 nitrogen and oxygen atoms in total. The third-order valence-electron chi connectivity index (χ3n) is 5.54. The normalized spacial score (nSPS) is 30.9. The third-order valence-corrected chi connectivity index (χ3v) is 5.54. The standard InChI is InChI=1S/C20H26/c1-14(2)15-9-10-16(13-15)20(5)12-11-19(3,4)17-7-6-8-18(17)20/h6-7,9-10,13H,8,11-12H2,1-5H3. The molecule has 0 aliphatic heterocycles. The SMILES string of the molecule is CC(C)=C1C=CC(C2(C)CCC(C)(C)C3=C2CC=C3)=C1. The van der Waals surface area contributed by atoms with E-state index in [9.17, 15) is 0 Å². The van der Waals surface area contributed by atoms with Gasteiger partial charge in [-0.3, -0.25) is 0 Å². The van der Waals surface area contributed by atoms with Crippen molar-refractivity contribution in [2.75, 3.05) is 0 Å². The average molecular weight is 266 g/mol. The van der Waals surface area contributed by atoms with E-state index in [1.807, 2.05) is 0 Å². The minimum Gasteiger partial charge on any atom is -0.0801 e. The van der Waals surface area contributed by atoms with Gasteiger partial charge in [0.25, 0.3) is 0 Å². The predicted octanol–water partition coefficient (Wildman–Crippen LogP) is 5.90. The molecule has 0 saturated carbocycles. The molecule has 106 valence electrons. The Kier molecular flexibility index (Phi) is 2.97. The second-order valence-electron chi connectivity index (χ2n) is 7.60. The summed E-state index contributed by atoms with van der Waals surface area (Å²) in [6, 6.07) is 0. The van der Waals surface area contributed by atoms with Crippen molar-refractivity contribution >= 4 is 0 Å². The highest BCUT2D eigenvalue weighted by molar-refractivity contribution is 5.56. The van der Waals surface area contributed by atoms with E-state index in [1.54, 1.807) is 11.1 Å². The summed E-state index contributed by atoms with van der Waals surface area (Å²) in [4.78, 5) is 0. The zero-order valence-electron chi connectivity index (χ0n) is 13.5. The van der Waals surface area contributed by atoms with Crippen LogP contribution >= 0.6 is 0 Å². The largest absolute Gasteiger partial charge is 0.0801 e. The van der Waals surface area contributed by atoms with Gasteiger partial charge in [0.05, 0.1) is 0 Å². The highest BCUT2D eigenvalue weighted by Gasteiger charge is 2.43. The van der Waals surface area contributed by atoms with Crippen molar-refractivity contribution < 1.29 is 0 Å². The maximum atomic E-state index is 2.45. The van der Waals surface area contributed by atoms with E-state index in [4.69, 9.17) is 0 Å². The van der Waals surface area contributed by atoms with Crippen molar-refractivity contribution in [2.24, 2.45) is 10.8 Å². The van der Waals surface area contributed by atoms with Crippen LogP contribution in [-0.2, 0) is 0 Å². The molecule has 1 atom stereocenters. The van der Waals surface area contributed by atoms with Crippen LogP contribution in [0.5, 0.6) is 0 Å². The molecule has 0 aromatic rings. The fourth-order valence-corrected chi connectivity index (χ4v) is 3.93. The predicted molar refractivity (Wildman–Crippen MR) is 87.5 cm³/mol. The van der Waals surface area contributed by atoms with Gasteiger partial charge in [0.15, 0.2) is 0 Å². The van der Waals surface area contributed by atoms with Gasteiger partial charge in [0.2, 0.25) is 0 Å². The molecule has 0 fully saturated rings. The summed E-state index contributed by atoms with van der Waals surface area (Å²) in [5, 5.41) is 0. The van der Waals surface area contributed by atoms with Crippen molar-refractivity contribution in [1.82, 2.24) is 0 Å². The van der Waals surface area contributed by atoms with Crippen molar-refractivity contribution in [3.63, 3.8) is 0 Å². The van der Waals surface area contributed by atoms with E-state index in [2.05, 4.69) is 65.0 Å². The van der Waals surface area contributed by atoms with Crippen LogP contribution in [0.1, 0.15) is 53.9 Å². The molecule has 0 saturated heterocycles. The van der Waals surface area contributed by atoms with E-state index in [0.29, 0.717) is 5.41 Å². The van der Waals surface area contributed by atoms with E-state index in [-0.39, 0.29) is 5.41 Å². The van der Waals surface area contributed by atoms with E-state index < -0.39 is 0 Å². The van der Waals surface area contributed by atoms with Gasteiger partial charge >= 0.3 is 0 Å². The molecule has 3 rings (SSSR count). The number of rotatable bonds is 1. The summed E-state index contributed by atoms with van der Waals surface area (Å²) < 4.78 is 0. The minimum atomic E-state index is 0.238.